The Balaban J connectivity index is 2.52. The normalized spacial score (nSPS) is 12.5. The van der Waals surface area contributed by atoms with Crippen molar-refractivity contribution in [2.45, 2.75) is 19.9 Å². The fourth-order valence-corrected chi connectivity index (χ4v) is 2.77. The fraction of sp³-hybridized carbons (Fsp3) is 0.250. The molecule has 1 atom stereocenters. The minimum Gasteiger partial charge on any atom is -0.309 e. The van der Waals surface area contributed by atoms with Gasteiger partial charge in [-0.3, -0.25) is 0 Å². The Hall–Kier alpha value is -1.02. The first-order valence-corrected chi connectivity index (χ1v) is 6.98. The second kappa shape index (κ2) is 5.96. The smallest absolute Gasteiger partial charge is 0.0592 e. The van der Waals surface area contributed by atoms with E-state index in [-0.39, 0.29) is 6.04 Å². The molecule has 0 fully saturated rings. The molecule has 0 spiro atoms. The van der Waals surface area contributed by atoms with Crippen molar-refractivity contribution in [3.05, 3.63) is 68.7 Å². The van der Waals surface area contributed by atoms with Gasteiger partial charge in [0.05, 0.1) is 6.04 Å². The van der Waals surface area contributed by atoms with Crippen molar-refractivity contribution in [2.24, 2.45) is 0 Å². The lowest BCUT2D eigenvalue weighted by atomic mass is 9.94. The van der Waals surface area contributed by atoms with Crippen LogP contribution < -0.4 is 5.32 Å². The van der Waals surface area contributed by atoms with E-state index in [9.17, 15) is 0 Å². The third kappa shape index (κ3) is 3.11. The van der Waals surface area contributed by atoms with Gasteiger partial charge < -0.3 is 5.32 Å². The molecule has 19 heavy (non-hydrogen) atoms. The molecule has 0 aliphatic carbocycles. The van der Waals surface area contributed by atoms with Crippen LogP contribution >= 0.6 is 23.2 Å². The number of hydrogen-bond acceptors (Lipinski definition) is 1. The molecule has 2 aromatic rings. The summed E-state index contributed by atoms with van der Waals surface area (Å²) in [5.41, 5.74) is 4.73. The molecule has 0 aliphatic heterocycles. The molecule has 1 nitrogen and oxygen atoms in total. The predicted molar refractivity (Wildman–Crippen MR) is 83.3 cm³/mol. The van der Waals surface area contributed by atoms with E-state index in [0.29, 0.717) is 5.02 Å². The fourth-order valence-electron chi connectivity index (χ4n) is 2.36. The monoisotopic (exact) mass is 293 g/mol. The summed E-state index contributed by atoms with van der Waals surface area (Å²) < 4.78 is 0. The predicted octanol–water partition coefficient (Wildman–Crippen LogP) is 4.92. The molecule has 0 saturated heterocycles. The summed E-state index contributed by atoms with van der Waals surface area (Å²) in [6.07, 6.45) is 0. The zero-order valence-corrected chi connectivity index (χ0v) is 12.8. The van der Waals surface area contributed by atoms with Crippen LogP contribution in [0.1, 0.15) is 28.3 Å². The van der Waals surface area contributed by atoms with Crippen LogP contribution in [0.4, 0.5) is 0 Å². The zero-order valence-electron chi connectivity index (χ0n) is 11.3. The van der Waals surface area contributed by atoms with E-state index in [1.807, 2.05) is 25.2 Å². The summed E-state index contributed by atoms with van der Waals surface area (Å²) in [5.74, 6) is 0. The molecule has 1 N–H and O–H groups in total. The molecule has 2 aromatic carbocycles. The van der Waals surface area contributed by atoms with Gasteiger partial charge in [0.1, 0.15) is 0 Å². The first-order chi connectivity index (χ1) is 9.02. The van der Waals surface area contributed by atoms with E-state index in [1.54, 1.807) is 0 Å². The number of halogens is 2. The molecule has 0 bridgehead atoms. The summed E-state index contributed by atoms with van der Waals surface area (Å²) in [6.45, 7) is 4.21. The standard InChI is InChI=1S/C16H17Cl2N/c1-10-4-6-13(11(2)8-10)16(19-3)14-9-12(17)5-7-15(14)18/h4-9,16,19H,1-3H3. The molecular weight excluding hydrogens is 277 g/mol. The maximum Gasteiger partial charge on any atom is 0.0592 e. The summed E-state index contributed by atoms with van der Waals surface area (Å²) in [6, 6.07) is 12.1. The Morgan fingerprint density at radius 1 is 0.947 bits per heavy atom. The van der Waals surface area contributed by atoms with E-state index >= 15 is 0 Å². The van der Waals surface area contributed by atoms with Crippen LogP contribution in [0.25, 0.3) is 0 Å². The zero-order chi connectivity index (χ0) is 14.0. The SMILES string of the molecule is CNC(c1ccc(C)cc1C)c1cc(Cl)ccc1Cl. The van der Waals surface area contributed by atoms with Gasteiger partial charge in [0.15, 0.2) is 0 Å². The van der Waals surface area contributed by atoms with Gasteiger partial charge in [-0.15, -0.1) is 0 Å². The minimum absolute atomic E-state index is 0.0480. The van der Waals surface area contributed by atoms with Crippen LogP contribution in [0.5, 0.6) is 0 Å². The van der Waals surface area contributed by atoms with Gasteiger partial charge in [-0.25, -0.2) is 0 Å². The van der Waals surface area contributed by atoms with Gasteiger partial charge in [0.25, 0.3) is 0 Å². The van der Waals surface area contributed by atoms with E-state index in [4.69, 9.17) is 23.2 Å². The van der Waals surface area contributed by atoms with Crippen molar-refractivity contribution in [2.75, 3.05) is 7.05 Å². The highest BCUT2D eigenvalue weighted by molar-refractivity contribution is 6.33. The molecule has 0 aromatic heterocycles. The van der Waals surface area contributed by atoms with Gasteiger partial charge in [-0.1, -0.05) is 47.0 Å². The summed E-state index contributed by atoms with van der Waals surface area (Å²) in [4.78, 5) is 0. The average Bonchev–Trinajstić information content (AvgIpc) is 2.36. The molecule has 0 heterocycles. The maximum atomic E-state index is 6.30. The molecule has 0 saturated carbocycles. The first kappa shape index (κ1) is 14.4. The summed E-state index contributed by atoms with van der Waals surface area (Å²) in [7, 11) is 1.93. The number of nitrogens with one attached hydrogen (secondary N) is 1. The van der Waals surface area contributed by atoms with Crippen LogP contribution in [0.15, 0.2) is 36.4 Å². The van der Waals surface area contributed by atoms with E-state index in [0.717, 1.165) is 10.6 Å². The highest BCUT2D eigenvalue weighted by Gasteiger charge is 2.17. The number of rotatable bonds is 3. The van der Waals surface area contributed by atoms with Crippen molar-refractivity contribution >= 4 is 23.2 Å². The molecule has 2 rings (SSSR count). The molecule has 1 unspecified atom stereocenters. The molecule has 0 amide bonds. The van der Waals surface area contributed by atoms with Gasteiger partial charge in [-0.2, -0.15) is 0 Å². The summed E-state index contributed by atoms with van der Waals surface area (Å²) >= 11 is 12.4. The Kier molecular flexibility index (Phi) is 4.51. The van der Waals surface area contributed by atoms with E-state index < -0.39 is 0 Å². The average molecular weight is 294 g/mol. The molecule has 0 aliphatic rings. The number of aryl methyl sites for hydroxylation is 2. The molecular formula is C16H17Cl2N. The third-order valence-electron chi connectivity index (χ3n) is 3.29. The van der Waals surface area contributed by atoms with Crippen LogP contribution in [-0.4, -0.2) is 7.05 Å². The van der Waals surface area contributed by atoms with Crippen molar-refractivity contribution < 1.29 is 0 Å². The van der Waals surface area contributed by atoms with E-state index in [1.165, 1.54) is 16.7 Å². The number of hydrogen-bond donors (Lipinski definition) is 1. The third-order valence-corrected chi connectivity index (χ3v) is 3.87. The highest BCUT2D eigenvalue weighted by atomic mass is 35.5. The van der Waals surface area contributed by atoms with Crippen molar-refractivity contribution in [1.82, 2.24) is 5.32 Å². The van der Waals surface area contributed by atoms with Gasteiger partial charge in [0.2, 0.25) is 0 Å². The van der Waals surface area contributed by atoms with Crippen LogP contribution in [0, 0.1) is 13.8 Å². The van der Waals surface area contributed by atoms with Crippen LogP contribution in [0.2, 0.25) is 10.0 Å². The Morgan fingerprint density at radius 2 is 1.68 bits per heavy atom. The lowest BCUT2D eigenvalue weighted by Crippen LogP contribution is -2.19. The van der Waals surface area contributed by atoms with Crippen molar-refractivity contribution in [3.8, 4) is 0 Å². The second-order valence-electron chi connectivity index (χ2n) is 4.75. The lowest BCUT2D eigenvalue weighted by molar-refractivity contribution is 0.687. The van der Waals surface area contributed by atoms with E-state index in [2.05, 4.69) is 37.4 Å². The highest BCUT2D eigenvalue weighted by Crippen LogP contribution is 2.32. The quantitative estimate of drug-likeness (QED) is 0.847. The Bertz CT molecular complexity index is 593. The van der Waals surface area contributed by atoms with Gasteiger partial charge in [-0.05, 0) is 55.8 Å². The Labute approximate surface area is 124 Å². The van der Waals surface area contributed by atoms with Crippen molar-refractivity contribution in [3.63, 3.8) is 0 Å². The van der Waals surface area contributed by atoms with Crippen molar-refractivity contribution in [1.29, 1.82) is 0 Å². The Morgan fingerprint density at radius 3 is 2.32 bits per heavy atom. The van der Waals surface area contributed by atoms with Crippen LogP contribution in [-0.2, 0) is 0 Å². The van der Waals surface area contributed by atoms with Gasteiger partial charge >= 0.3 is 0 Å². The topological polar surface area (TPSA) is 12.0 Å². The number of benzene rings is 2. The molecule has 0 radical (unpaired) electrons. The lowest BCUT2D eigenvalue weighted by Gasteiger charge is -2.21. The maximum absolute atomic E-state index is 6.30. The van der Waals surface area contributed by atoms with Crippen LogP contribution in [0.3, 0.4) is 0 Å². The largest absolute Gasteiger partial charge is 0.309 e. The first-order valence-electron chi connectivity index (χ1n) is 6.22. The summed E-state index contributed by atoms with van der Waals surface area (Å²) in [5, 5.41) is 4.74. The molecule has 100 valence electrons. The second-order valence-corrected chi connectivity index (χ2v) is 5.59. The minimum atomic E-state index is 0.0480. The van der Waals surface area contributed by atoms with Gasteiger partial charge in [0, 0.05) is 10.0 Å². The molecule has 3 heteroatoms.